The molecule has 0 saturated carbocycles. The molecule has 0 aromatic heterocycles. The van der Waals surface area contributed by atoms with Gasteiger partial charge in [-0.2, -0.15) is 5.26 Å². The van der Waals surface area contributed by atoms with Gasteiger partial charge in [0.1, 0.15) is 0 Å². The summed E-state index contributed by atoms with van der Waals surface area (Å²) in [6.45, 7) is 8.18. The van der Waals surface area contributed by atoms with Crippen LogP contribution >= 0.6 is 0 Å². The second-order valence-electron chi connectivity index (χ2n) is 4.65. The van der Waals surface area contributed by atoms with Crippen molar-refractivity contribution in [1.29, 1.82) is 5.26 Å². The Bertz CT molecular complexity index is 247. The van der Waals surface area contributed by atoms with Crippen molar-refractivity contribution in [3.8, 4) is 6.07 Å². The Hall–Kier alpha value is -0.670. The van der Waals surface area contributed by atoms with Gasteiger partial charge in [0.05, 0.1) is 31.9 Å². The summed E-state index contributed by atoms with van der Waals surface area (Å²) in [4.78, 5) is 4.64. The maximum absolute atomic E-state index is 9.13. The summed E-state index contributed by atoms with van der Waals surface area (Å²) in [6.07, 6.45) is 2.03. The zero-order chi connectivity index (χ0) is 13.2. The minimum atomic E-state index is 0.0859. The van der Waals surface area contributed by atoms with Crippen LogP contribution in [0, 0.1) is 11.3 Å². The lowest BCUT2D eigenvalue weighted by Gasteiger charge is -2.36. The number of nitriles is 1. The van der Waals surface area contributed by atoms with Crippen molar-refractivity contribution in [2.45, 2.75) is 25.8 Å². The van der Waals surface area contributed by atoms with Crippen molar-refractivity contribution in [2.24, 2.45) is 0 Å². The van der Waals surface area contributed by atoms with E-state index in [1.165, 1.54) is 0 Å². The van der Waals surface area contributed by atoms with Crippen molar-refractivity contribution >= 4 is 0 Å². The highest BCUT2D eigenvalue weighted by Crippen LogP contribution is 2.10. The Kier molecular flexibility index (Phi) is 7.94. The molecule has 1 N–H and O–H groups in total. The average Bonchev–Trinajstić information content (AvgIpc) is 2.42. The second-order valence-corrected chi connectivity index (χ2v) is 4.65. The maximum Gasteiger partial charge on any atom is 0.0978 e. The molecule has 0 amide bonds. The van der Waals surface area contributed by atoms with Crippen molar-refractivity contribution in [1.82, 2.24) is 9.80 Å². The summed E-state index contributed by atoms with van der Waals surface area (Å²) in [5.74, 6) is 0. The Balaban J connectivity index is 2.17. The number of ether oxygens (including phenoxy) is 1. The van der Waals surface area contributed by atoms with Gasteiger partial charge in [-0.15, -0.1) is 0 Å². The van der Waals surface area contributed by atoms with Crippen molar-refractivity contribution in [2.75, 3.05) is 52.5 Å². The number of nitrogens with zero attached hydrogens (tertiary/aromatic N) is 3. The summed E-state index contributed by atoms with van der Waals surface area (Å²) >= 11 is 0. The molecule has 1 aliphatic rings. The topological polar surface area (TPSA) is 59.7 Å². The van der Waals surface area contributed by atoms with Crippen LogP contribution in [0.2, 0.25) is 0 Å². The highest BCUT2D eigenvalue weighted by molar-refractivity contribution is 4.93. The van der Waals surface area contributed by atoms with Gasteiger partial charge in [0.25, 0.3) is 0 Å². The van der Waals surface area contributed by atoms with E-state index in [1.54, 1.807) is 0 Å². The molecule has 5 nitrogen and oxygen atoms in total. The van der Waals surface area contributed by atoms with Crippen LogP contribution in [0.15, 0.2) is 0 Å². The molecule has 0 bridgehead atoms. The quantitative estimate of drug-likeness (QED) is 0.632. The van der Waals surface area contributed by atoms with Crippen molar-refractivity contribution in [3.05, 3.63) is 0 Å². The molecule has 1 rings (SSSR count). The highest BCUT2D eigenvalue weighted by Gasteiger charge is 2.22. The molecule has 18 heavy (non-hydrogen) atoms. The SMILES string of the molecule is CCCC(C#N)N1CCN(CCOCCO)CC1. The van der Waals surface area contributed by atoms with Crippen LogP contribution in [0.4, 0.5) is 0 Å². The second kappa shape index (κ2) is 9.29. The van der Waals surface area contributed by atoms with Gasteiger partial charge in [0.15, 0.2) is 0 Å². The number of piperazine rings is 1. The third kappa shape index (κ3) is 5.32. The molecular weight excluding hydrogens is 230 g/mol. The molecule has 0 aromatic carbocycles. The number of aliphatic hydroxyl groups excluding tert-OH is 1. The largest absolute Gasteiger partial charge is 0.394 e. The highest BCUT2D eigenvalue weighted by atomic mass is 16.5. The molecule has 0 aliphatic carbocycles. The first kappa shape index (κ1) is 15.4. The van der Waals surface area contributed by atoms with Gasteiger partial charge in [-0.05, 0) is 6.42 Å². The van der Waals surface area contributed by atoms with E-state index < -0.39 is 0 Å². The van der Waals surface area contributed by atoms with E-state index >= 15 is 0 Å². The summed E-state index contributed by atoms with van der Waals surface area (Å²) in [6, 6.07) is 2.49. The molecule has 5 heteroatoms. The van der Waals surface area contributed by atoms with Gasteiger partial charge < -0.3 is 9.84 Å². The van der Waals surface area contributed by atoms with Crippen LogP contribution in [0.3, 0.4) is 0 Å². The van der Waals surface area contributed by atoms with Crippen LogP contribution in [0.25, 0.3) is 0 Å². The lowest BCUT2D eigenvalue weighted by Crippen LogP contribution is -2.50. The van der Waals surface area contributed by atoms with Gasteiger partial charge in [-0.25, -0.2) is 0 Å². The summed E-state index contributed by atoms with van der Waals surface area (Å²) in [5.41, 5.74) is 0. The average molecular weight is 255 g/mol. The third-order valence-electron chi connectivity index (χ3n) is 3.35. The Morgan fingerprint density at radius 2 is 2.00 bits per heavy atom. The number of rotatable bonds is 8. The Morgan fingerprint density at radius 3 is 2.56 bits per heavy atom. The molecule has 1 fully saturated rings. The van der Waals surface area contributed by atoms with E-state index in [4.69, 9.17) is 15.1 Å². The smallest absolute Gasteiger partial charge is 0.0978 e. The first-order valence-corrected chi connectivity index (χ1v) is 6.86. The minimum Gasteiger partial charge on any atom is -0.394 e. The zero-order valence-corrected chi connectivity index (χ0v) is 11.3. The van der Waals surface area contributed by atoms with Crippen molar-refractivity contribution in [3.63, 3.8) is 0 Å². The minimum absolute atomic E-state index is 0.0859. The van der Waals surface area contributed by atoms with E-state index in [1.807, 2.05) is 0 Å². The van der Waals surface area contributed by atoms with E-state index in [9.17, 15) is 0 Å². The van der Waals surface area contributed by atoms with Crippen LogP contribution < -0.4 is 0 Å². The third-order valence-corrected chi connectivity index (χ3v) is 3.35. The van der Waals surface area contributed by atoms with Crippen LogP contribution in [0.5, 0.6) is 0 Å². The van der Waals surface area contributed by atoms with Gasteiger partial charge in [-0.1, -0.05) is 13.3 Å². The Morgan fingerprint density at radius 1 is 1.28 bits per heavy atom. The standard InChI is InChI=1S/C13H25N3O2/c1-2-3-13(12-14)16-6-4-15(5-7-16)8-10-18-11-9-17/h13,17H,2-11H2,1H3. The predicted octanol–water partition coefficient (Wildman–Crippen LogP) is 0.305. The normalized spacial score (nSPS) is 19.6. The molecule has 0 spiro atoms. The van der Waals surface area contributed by atoms with Crippen LogP contribution in [0.1, 0.15) is 19.8 Å². The first-order chi connectivity index (χ1) is 8.81. The molecule has 1 saturated heterocycles. The van der Waals surface area contributed by atoms with Gasteiger partial charge >= 0.3 is 0 Å². The number of aliphatic hydroxyl groups is 1. The predicted molar refractivity (Wildman–Crippen MR) is 70.2 cm³/mol. The molecule has 0 aromatic rings. The fraction of sp³-hybridized carbons (Fsp3) is 0.923. The van der Waals surface area contributed by atoms with Gasteiger partial charge in [0.2, 0.25) is 0 Å². The van der Waals surface area contributed by atoms with E-state index in [2.05, 4.69) is 22.8 Å². The molecule has 1 heterocycles. The number of hydrogen-bond acceptors (Lipinski definition) is 5. The summed E-state index contributed by atoms with van der Waals surface area (Å²) < 4.78 is 5.26. The van der Waals surface area contributed by atoms with Gasteiger partial charge in [0, 0.05) is 32.7 Å². The number of hydrogen-bond donors (Lipinski definition) is 1. The molecule has 1 aliphatic heterocycles. The lowest BCUT2D eigenvalue weighted by molar-refractivity contribution is 0.0528. The fourth-order valence-electron chi connectivity index (χ4n) is 2.26. The summed E-state index contributed by atoms with van der Waals surface area (Å²) in [7, 11) is 0. The molecular formula is C13H25N3O2. The van der Waals surface area contributed by atoms with E-state index in [-0.39, 0.29) is 12.6 Å². The van der Waals surface area contributed by atoms with Crippen molar-refractivity contribution < 1.29 is 9.84 Å². The maximum atomic E-state index is 9.13. The molecule has 1 atom stereocenters. The fourth-order valence-corrected chi connectivity index (χ4v) is 2.26. The zero-order valence-electron chi connectivity index (χ0n) is 11.3. The molecule has 1 unspecified atom stereocenters. The van der Waals surface area contributed by atoms with Crippen LogP contribution in [-0.2, 0) is 4.74 Å². The first-order valence-electron chi connectivity index (χ1n) is 6.86. The van der Waals surface area contributed by atoms with E-state index in [0.717, 1.165) is 45.6 Å². The van der Waals surface area contributed by atoms with Gasteiger partial charge in [-0.3, -0.25) is 9.80 Å². The lowest BCUT2D eigenvalue weighted by atomic mass is 10.1. The summed E-state index contributed by atoms with van der Waals surface area (Å²) in [5, 5.41) is 17.7. The molecule has 0 radical (unpaired) electrons. The Labute approximate surface area is 110 Å². The van der Waals surface area contributed by atoms with Crippen LogP contribution in [-0.4, -0.2) is 73.5 Å². The van der Waals surface area contributed by atoms with E-state index in [0.29, 0.717) is 13.2 Å². The molecule has 104 valence electrons. The monoisotopic (exact) mass is 255 g/mol.